The lowest BCUT2D eigenvalue weighted by molar-refractivity contribution is -0.124. The van der Waals surface area contributed by atoms with E-state index in [-0.39, 0.29) is 5.56 Å². The number of rotatable bonds is 5. The highest BCUT2D eigenvalue weighted by Gasteiger charge is 2.36. The molecule has 0 spiro atoms. The Morgan fingerprint density at radius 1 is 1.14 bits per heavy atom. The summed E-state index contributed by atoms with van der Waals surface area (Å²) in [5.41, 5.74) is 4.70. The molecule has 0 aliphatic heterocycles. The summed E-state index contributed by atoms with van der Waals surface area (Å²) in [7, 11) is 0. The van der Waals surface area contributed by atoms with Gasteiger partial charge in [-0.05, 0) is 18.6 Å². The van der Waals surface area contributed by atoms with Gasteiger partial charge in [-0.15, -0.1) is 0 Å². The molecule has 1 unspecified atom stereocenters. The molecular weight excluding hydrogens is 274 g/mol. The number of primary amides is 1. The average molecular weight is 290 g/mol. The van der Waals surface area contributed by atoms with Crippen molar-refractivity contribution in [2.24, 2.45) is 5.73 Å². The molecule has 0 aliphatic carbocycles. The lowest BCUT2D eigenvalue weighted by Gasteiger charge is -2.28. The summed E-state index contributed by atoms with van der Waals surface area (Å²) in [5.74, 6) is -2.86. The number of amides is 1. The zero-order chi connectivity index (χ0) is 15.5. The molecule has 2 aromatic carbocycles. The minimum absolute atomic E-state index is 0.106. The lowest BCUT2D eigenvalue weighted by Crippen LogP contribution is -2.50. The Morgan fingerprint density at radius 3 is 2.43 bits per heavy atom. The third kappa shape index (κ3) is 3.08. The van der Waals surface area contributed by atoms with Crippen LogP contribution in [0.2, 0.25) is 0 Å². The summed E-state index contributed by atoms with van der Waals surface area (Å²) in [4.78, 5) is 11.8. The minimum Gasteiger partial charge on any atom is -0.368 e. The second-order valence-electron chi connectivity index (χ2n) is 4.93. The van der Waals surface area contributed by atoms with E-state index in [0.29, 0.717) is 6.54 Å². The van der Waals surface area contributed by atoms with Crippen LogP contribution in [0.1, 0.15) is 18.1 Å². The second-order valence-corrected chi connectivity index (χ2v) is 4.93. The van der Waals surface area contributed by atoms with E-state index >= 15 is 0 Å². The Kier molecular flexibility index (Phi) is 4.33. The Morgan fingerprint density at radius 2 is 1.81 bits per heavy atom. The Labute approximate surface area is 121 Å². The summed E-state index contributed by atoms with van der Waals surface area (Å²) in [6.45, 7) is 1.74. The molecule has 0 saturated heterocycles. The average Bonchev–Trinajstić information content (AvgIpc) is 2.48. The summed E-state index contributed by atoms with van der Waals surface area (Å²) >= 11 is 0. The molecule has 0 heterocycles. The molecule has 3 nitrogen and oxygen atoms in total. The van der Waals surface area contributed by atoms with Crippen molar-refractivity contribution in [3.8, 4) is 0 Å². The number of hydrogen-bond acceptors (Lipinski definition) is 2. The van der Waals surface area contributed by atoms with Crippen LogP contribution in [0, 0.1) is 11.6 Å². The van der Waals surface area contributed by atoms with E-state index in [0.717, 1.165) is 11.6 Å². The van der Waals surface area contributed by atoms with Gasteiger partial charge < -0.3 is 5.73 Å². The molecule has 2 rings (SSSR count). The Hall–Kier alpha value is -2.27. The van der Waals surface area contributed by atoms with Crippen LogP contribution in [0.5, 0.6) is 0 Å². The molecular formula is C16H16F2N2O. The van der Waals surface area contributed by atoms with Gasteiger partial charge in [-0.25, -0.2) is 8.78 Å². The number of benzene rings is 2. The summed E-state index contributed by atoms with van der Waals surface area (Å²) in [6.07, 6.45) is 0. The molecule has 1 amide bonds. The van der Waals surface area contributed by atoms with E-state index in [4.69, 9.17) is 5.73 Å². The number of halogens is 2. The van der Waals surface area contributed by atoms with Crippen molar-refractivity contribution in [1.29, 1.82) is 0 Å². The smallest absolute Gasteiger partial charge is 0.242 e. The van der Waals surface area contributed by atoms with Crippen molar-refractivity contribution in [1.82, 2.24) is 5.32 Å². The van der Waals surface area contributed by atoms with E-state index in [1.165, 1.54) is 19.1 Å². The largest absolute Gasteiger partial charge is 0.368 e. The third-order valence-corrected chi connectivity index (χ3v) is 3.47. The normalized spacial score (nSPS) is 13.7. The van der Waals surface area contributed by atoms with E-state index < -0.39 is 23.1 Å². The van der Waals surface area contributed by atoms with Crippen LogP contribution in [-0.4, -0.2) is 5.91 Å². The van der Waals surface area contributed by atoms with Gasteiger partial charge in [-0.2, -0.15) is 0 Å². The van der Waals surface area contributed by atoms with Gasteiger partial charge in [-0.1, -0.05) is 42.5 Å². The molecule has 3 N–H and O–H groups in total. The standard InChI is InChI=1S/C16H16F2N2O/c1-16(15(19)21,12-8-5-9-13(17)14(12)18)20-10-11-6-3-2-4-7-11/h2-9,20H,10H2,1H3,(H2,19,21). The molecule has 0 aliphatic rings. The summed E-state index contributed by atoms with van der Waals surface area (Å²) in [5, 5.41) is 2.92. The van der Waals surface area contributed by atoms with Crippen LogP contribution in [0.15, 0.2) is 48.5 Å². The molecule has 5 heteroatoms. The highest BCUT2D eigenvalue weighted by molar-refractivity contribution is 5.85. The topological polar surface area (TPSA) is 55.1 Å². The van der Waals surface area contributed by atoms with E-state index in [1.807, 2.05) is 30.3 Å². The molecule has 0 fully saturated rings. The molecule has 2 aromatic rings. The van der Waals surface area contributed by atoms with Gasteiger partial charge in [0.25, 0.3) is 0 Å². The summed E-state index contributed by atoms with van der Waals surface area (Å²) < 4.78 is 27.3. The first-order valence-corrected chi connectivity index (χ1v) is 6.48. The van der Waals surface area contributed by atoms with Gasteiger partial charge in [0.1, 0.15) is 5.54 Å². The van der Waals surface area contributed by atoms with Crippen LogP contribution in [0.3, 0.4) is 0 Å². The van der Waals surface area contributed by atoms with Gasteiger partial charge in [-0.3, -0.25) is 10.1 Å². The van der Waals surface area contributed by atoms with Gasteiger partial charge in [0, 0.05) is 12.1 Å². The number of carbonyl (C=O) groups excluding carboxylic acids is 1. The SMILES string of the molecule is CC(NCc1ccccc1)(C(N)=O)c1cccc(F)c1F. The second kappa shape index (κ2) is 6.01. The Balaban J connectivity index is 2.32. The highest BCUT2D eigenvalue weighted by atomic mass is 19.2. The first-order valence-electron chi connectivity index (χ1n) is 6.48. The fourth-order valence-corrected chi connectivity index (χ4v) is 2.08. The van der Waals surface area contributed by atoms with E-state index in [9.17, 15) is 13.6 Å². The van der Waals surface area contributed by atoms with Crippen molar-refractivity contribution in [3.05, 3.63) is 71.3 Å². The number of nitrogens with one attached hydrogen (secondary N) is 1. The lowest BCUT2D eigenvalue weighted by atomic mass is 9.90. The fourth-order valence-electron chi connectivity index (χ4n) is 2.08. The third-order valence-electron chi connectivity index (χ3n) is 3.47. The van der Waals surface area contributed by atoms with Crippen LogP contribution in [-0.2, 0) is 16.9 Å². The van der Waals surface area contributed by atoms with Crippen LogP contribution < -0.4 is 11.1 Å². The number of nitrogens with two attached hydrogens (primary N) is 1. The van der Waals surface area contributed by atoms with Gasteiger partial charge in [0.15, 0.2) is 11.6 Å². The van der Waals surface area contributed by atoms with E-state index in [2.05, 4.69) is 5.32 Å². The van der Waals surface area contributed by atoms with Gasteiger partial charge in [0.2, 0.25) is 5.91 Å². The maximum atomic E-state index is 14.0. The molecule has 0 radical (unpaired) electrons. The molecule has 110 valence electrons. The highest BCUT2D eigenvalue weighted by Crippen LogP contribution is 2.25. The van der Waals surface area contributed by atoms with Gasteiger partial charge in [0.05, 0.1) is 0 Å². The maximum absolute atomic E-state index is 14.0. The molecule has 0 aromatic heterocycles. The first-order chi connectivity index (χ1) is 9.95. The zero-order valence-electron chi connectivity index (χ0n) is 11.6. The van der Waals surface area contributed by atoms with Crippen molar-refractivity contribution in [2.45, 2.75) is 19.0 Å². The van der Waals surface area contributed by atoms with Crippen molar-refractivity contribution < 1.29 is 13.6 Å². The zero-order valence-corrected chi connectivity index (χ0v) is 11.6. The quantitative estimate of drug-likeness (QED) is 0.888. The molecule has 0 saturated carbocycles. The predicted molar refractivity (Wildman–Crippen MR) is 76.2 cm³/mol. The summed E-state index contributed by atoms with van der Waals surface area (Å²) in [6, 6.07) is 13.0. The van der Waals surface area contributed by atoms with Crippen LogP contribution >= 0.6 is 0 Å². The van der Waals surface area contributed by atoms with Crippen LogP contribution in [0.25, 0.3) is 0 Å². The van der Waals surface area contributed by atoms with Crippen molar-refractivity contribution in [2.75, 3.05) is 0 Å². The fraction of sp³-hybridized carbons (Fsp3) is 0.188. The number of carbonyl (C=O) groups is 1. The van der Waals surface area contributed by atoms with Gasteiger partial charge >= 0.3 is 0 Å². The number of hydrogen-bond donors (Lipinski definition) is 2. The molecule has 0 bridgehead atoms. The maximum Gasteiger partial charge on any atom is 0.242 e. The predicted octanol–water partition coefficient (Wildman–Crippen LogP) is 2.46. The first kappa shape index (κ1) is 15.1. The monoisotopic (exact) mass is 290 g/mol. The Bertz CT molecular complexity index is 646. The molecule has 21 heavy (non-hydrogen) atoms. The minimum atomic E-state index is -1.50. The van der Waals surface area contributed by atoms with Crippen molar-refractivity contribution in [3.63, 3.8) is 0 Å². The van der Waals surface area contributed by atoms with Crippen molar-refractivity contribution >= 4 is 5.91 Å². The van der Waals surface area contributed by atoms with E-state index in [1.54, 1.807) is 0 Å². The van der Waals surface area contributed by atoms with Crippen LogP contribution in [0.4, 0.5) is 8.78 Å². The molecule has 1 atom stereocenters.